The molecule has 0 spiro atoms. The van der Waals surface area contributed by atoms with Gasteiger partial charge in [-0.15, -0.1) is 10.2 Å². The van der Waals surface area contributed by atoms with Crippen molar-refractivity contribution in [1.82, 2.24) is 15.1 Å². The molecule has 33 heavy (non-hydrogen) atoms. The summed E-state index contributed by atoms with van der Waals surface area (Å²) in [7, 11) is 0. The minimum Gasteiger partial charge on any atom is -0.494 e. The molecule has 0 radical (unpaired) electrons. The summed E-state index contributed by atoms with van der Waals surface area (Å²) in [6.07, 6.45) is 8.50. The van der Waals surface area contributed by atoms with E-state index in [-0.39, 0.29) is 5.91 Å². The van der Waals surface area contributed by atoms with Gasteiger partial charge >= 0.3 is 0 Å². The van der Waals surface area contributed by atoms with Crippen LogP contribution in [0.5, 0.6) is 5.75 Å². The summed E-state index contributed by atoms with van der Waals surface area (Å²) in [5.41, 5.74) is 0.714. The van der Waals surface area contributed by atoms with Crippen molar-refractivity contribution in [2.75, 3.05) is 55.7 Å². The highest BCUT2D eigenvalue weighted by atomic mass is 16.5. The number of piperazine rings is 1. The number of aromatic nitrogens is 2. The highest BCUT2D eigenvalue weighted by molar-refractivity contribution is 5.94. The summed E-state index contributed by atoms with van der Waals surface area (Å²) in [5, 5.41) is 9.00. The van der Waals surface area contributed by atoms with Gasteiger partial charge in [0.25, 0.3) is 5.91 Å². The number of carbonyl (C=O) groups excluding carboxylic acids is 1. The summed E-state index contributed by atoms with van der Waals surface area (Å²) in [6, 6.07) is 11.7. The molecule has 7 heteroatoms. The number of nitrogens with zero attached hydrogens (tertiary/aromatic N) is 5. The summed E-state index contributed by atoms with van der Waals surface area (Å²) in [5.74, 6) is 2.78. The Morgan fingerprint density at radius 2 is 1.39 bits per heavy atom. The second-order valence-electron chi connectivity index (χ2n) is 9.01. The standard InChI is InChI=1S/C26H37N5O2/c1-2-3-8-21-33-23-11-9-22(10-12-23)26(32)31-19-17-30(18-20-31)25-14-13-24(27-28-25)29-15-6-4-5-7-16-29/h9-14H,2-8,15-21H2,1H3. The number of amides is 1. The summed E-state index contributed by atoms with van der Waals surface area (Å²) in [6.45, 7) is 7.95. The first-order chi connectivity index (χ1) is 16.2. The van der Waals surface area contributed by atoms with Gasteiger partial charge in [-0.2, -0.15) is 0 Å². The fourth-order valence-corrected chi connectivity index (χ4v) is 4.51. The number of hydrogen-bond acceptors (Lipinski definition) is 6. The van der Waals surface area contributed by atoms with Gasteiger partial charge in [0.1, 0.15) is 5.75 Å². The van der Waals surface area contributed by atoms with Crippen LogP contribution in [0.1, 0.15) is 62.2 Å². The van der Waals surface area contributed by atoms with E-state index in [1.54, 1.807) is 0 Å². The molecular weight excluding hydrogens is 414 g/mol. The molecule has 0 aliphatic carbocycles. The second kappa shape index (κ2) is 11.9. The number of unbranched alkanes of at least 4 members (excludes halogenated alkanes) is 2. The lowest BCUT2D eigenvalue weighted by molar-refractivity contribution is 0.0746. The van der Waals surface area contributed by atoms with E-state index in [1.807, 2.05) is 29.2 Å². The van der Waals surface area contributed by atoms with Crippen LogP contribution >= 0.6 is 0 Å². The van der Waals surface area contributed by atoms with Gasteiger partial charge in [-0.05, 0) is 55.7 Å². The van der Waals surface area contributed by atoms with Crippen molar-refractivity contribution in [2.24, 2.45) is 0 Å². The molecule has 0 atom stereocenters. The maximum atomic E-state index is 12.9. The smallest absolute Gasteiger partial charge is 0.253 e. The number of benzene rings is 1. The van der Waals surface area contributed by atoms with Gasteiger partial charge < -0.3 is 19.4 Å². The van der Waals surface area contributed by atoms with E-state index >= 15 is 0 Å². The molecule has 0 N–H and O–H groups in total. The fourth-order valence-electron chi connectivity index (χ4n) is 4.51. The number of anilines is 2. The van der Waals surface area contributed by atoms with Crippen molar-refractivity contribution in [3.63, 3.8) is 0 Å². The first-order valence-corrected chi connectivity index (χ1v) is 12.6. The van der Waals surface area contributed by atoms with Gasteiger partial charge in [0.15, 0.2) is 11.6 Å². The van der Waals surface area contributed by atoms with Crippen molar-refractivity contribution in [1.29, 1.82) is 0 Å². The van der Waals surface area contributed by atoms with E-state index < -0.39 is 0 Å². The SMILES string of the molecule is CCCCCOc1ccc(C(=O)N2CCN(c3ccc(N4CCCCCC4)nn3)CC2)cc1. The van der Waals surface area contributed by atoms with Crippen molar-refractivity contribution in [3.05, 3.63) is 42.0 Å². The van der Waals surface area contributed by atoms with Gasteiger partial charge in [-0.3, -0.25) is 4.79 Å². The predicted octanol–water partition coefficient (Wildman–Crippen LogP) is 4.39. The second-order valence-corrected chi connectivity index (χ2v) is 9.01. The molecule has 3 heterocycles. The van der Waals surface area contributed by atoms with Crippen molar-refractivity contribution in [2.45, 2.75) is 51.9 Å². The average Bonchev–Trinajstić information content (AvgIpc) is 3.17. The lowest BCUT2D eigenvalue weighted by Crippen LogP contribution is -2.49. The zero-order valence-corrected chi connectivity index (χ0v) is 19.9. The summed E-state index contributed by atoms with van der Waals surface area (Å²) in [4.78, 5) is 19.4. The maximum Gasteiger partial charge on any atom is 0.253 e. The molecule has 2 aromatic rings. The molecule has 0 unspecified atom stereocenters. The molecule has 2 saturated heterocycles. The number of hydrogen-bond donors (Lipinski definition) is 0. The summed E-state index contributed by atoms with van der Waals surface area (Å²) >= 11 is 0. The molecule has 4 rings (SSSR count). The Bertz CT molecular complexity index is 855. The monoisotopic (exact) mass is 451 g/mol. The van der Waals surface area contributed by atoms with E-state index in [0.717, 1.165) is 56.6 Å². The van der Waals surface area contributed by atoms with Gasteiger partial charge in [0.2, 0.25) is 0 Å². The van der Waals surface area contributed by atoms with Gasteiger partial charge in [-0.1, -0.05) is 32.6 Å². The first kappa shape index (κ1) is 23.3. The third-order valence-electron chi connectivity index (χ3n) is 6.58. The van der Waals surface area contributed by atoms with Crippen LogP contribution in [-0.4, -0.2) is 66.9 Å². The molecule has 1 aromatic heterocycles. The maximum absolute atomic E-state index is 12.9. The van der Waals surface area contributed by atoms with Crippen LogP contribution in [0.15, 0.2) is 36.4 Å². The molecule has 0 saturated carbocycles. The molecule has 1 aromatic carbocycles. The van der Waals surface area contributed by atoms with Gasteiger partial charge in [-0.25, -0.2) is 0 Å². The summed E-state index contributed by atoms with van der Waals surface area (Å²) < 4.78 is 5.76. The minimum atomic E-state index is 0.0785. The van der Waals surface area contributed by atoms with E-state index in [0.29, 0.717) is 18.7 Å². The molecule has 2 fully saturated rings. The molecule has 1 amide bonds. The van der Waals surface area contributed by atoms with Gasteiger partial charge in [0.05, 0.1) is 6.61 Å². The Balaban J connectivity index is 1.26. The highest BCUT2D eigenvalue weighted by Crippen LogP contribution is 2.21. The Hall–Kier alpha value is -2.83. The lowest BCUT2D eigenvalue weighted by Gasteiger charge is -2.35. The van der Waals surface area contributed by atoms with Gasteiger partial charge in [0, 0.05) is 44.8 Å². The third kappa shape index (κ3) is 6.36. The Morgan fingerprint density at radius 1 is 0.788 bits per heavy atom. The van der Waals surface area contributed by atoms with Crippen LogP contribution in [0, 0.1) is 0 Å². The topological polar surface area (TPSA) is 61.8 Å². The highest BCUT2D eigenvalue weighted by Gasteiger charge is 2.23. The fraction of sp³-hybridized carbons (Fsp3) is 0.577. The van der Waals surface area contributed by atoms with Crippen LogP contribution in [0.2, 0.25) is 0 Å². The zero-order chi connectivity index (χ0) is 22.9. The Morgan fingerprint density at radius 3 is 1.97 bits per heavy atom. The number of ether oxygens (including phenoxy) is 1. The van der Waals surface area contributed by atoms with E-state index in [4.69, 9.17) is 4.74 Å². The Labute approximate surface area is 197 Å². The zero-order valence-electron chi connectivity index (χ0n) is 19.9. The first-order valence-electron chi connectivity index (χ1n) is 12.6. The van der Waals surface area contributed by atoms with Crippen LogP contribution < -0.4 is 14.5 Å². The quantitative estimate of drug-likeness (QED) is 0.555. The normalized spacial score (nSPS) is 17.1. The third-order valence-corrected chi connectivity index (χ3v) is 6.58. The minimum absolute atomic E-state index is 0.0785. The average molecular weight is 452 g/mol. The van der Waals surface area contributed by atoms with Crippen LogP contribution in [-0.2, 0) is 0 Å². The van der Waals surface area contributed by atoms with Crippen LogP contribution in [0.3, 0.4) is 0 Å². The van der Waals surface area contributed by atoms with Crippen LogP contribution in [0.4, 0.5) is 11.6 Å². The number of rotatable bonds is 8. The predicted molar refractivity (Wildman–Crippen MR) is 132 cm³/mol. The molecule has 0 bridgehead atoms. The van der Waals surface area contributed by atoms with Crippen molar-refractivity contribution in [3.8, 4) is 5.75 Å². The van der Waals surface area contributed by atoms with E-state index in [1.165, 1.54) is 38.5 Å². The Kier molecular flexibility index (Phi) is 8.39. The van der Waals surface area contributed by atoms with E-state index in [9.17, 15) is 4.79 Å². The lowest BCUT2D eigenvalue weighted by atomic mass is 10.1. The molecule has 2 aliphatic rings. The largest absolute Gasteiger partial charge is 0.494 e. The van der Waals surface area contributed by atoms with Crippen molar-refractivity contribution >= 4 is 17.5 Å². The molecule has 2 aliphatic heterocycles. The van der Waals surface area contributed by atoms with E-state index in [2.05, 4.69) is 39.1 Å². The number of carbonyl (C=O) groups is 1. The van der Waals surface area contributed by atoms with Crippen LogP contribution in [0.25, 0.3) is 0 Å². The molecule has 7 nitrogen and oxygen atoms in total. The molecular formula is C26H37N5O2. The molecule has 178 valence electrons. The van der Waals surface area contributed by atoms with Crippen molar-refractivity contribution < 1.29 is 9.53 Å².